The monoisotopic (exact) mass is 251 g/mol. The third-order valence-corrected chi connectivity index (χ3v) is 2.79. The first kappa shape index (κ1) is 13.1. The topological polar surface area (TPSA) is 56.3 Å². The van der Waals surface area contributed by atoms with Gasteiger partial charge in [0.25, 0.3) is 0 Å². The van der Waals surface area contributed by atoms with Gasteiger partial charge in [0, 0.05) is 25.4 Å². The Balaban J connectivity index is 1.84. The number of aromatic nitrogens is 2. The summed E-state index contributed by atoms with van der Waals surface area (Å²) in [5, 5.41) is 3.25. The van der Waals surface area contributed by atoms with Crippen LogP contribution >= 0.6 is 0 Å². The third-order valence-electron chi connectivity index (χ3n) is 2.79. The average molecular weight is 251 g/mol. The molecular formula is C13H21N3O2. The predicted molar refractivity (Wildman–Crippen MR) is 69.8 cm³/mol. The molecule has 5 nitrogen and oxygen atoms in total. The molecule has 0 spiro atoms. The molecule has 0 bridgehead atoms. The SMILES string of the molecule is CC(C)Oc1ccnc(NCC2CCCOC2)n1. The summed E-state index contributed by atoms with van der Waals surface area (Å²) in [4.78, 5) is 8.50. The number of anilines is 1. The van der Waals surface area contributed by atoms with Crippen LogP contribution in [0, 0.1) is 5.92 Å². The molecule has 5 heteroatoms. The summed E-state index contributed by atoms with van der Waals surface area (Å²) in [5.41, 5.74) is 0. The van der Waals surface area contributed by atoms with Crippen molar-refractivity contribution in [3.05, 3.63) is 12.3 Å². The van der Waals surface area contributed by atoms with Crippen molar-refractivity contribution in [3.8, 4) is 5.88 Å². The molecule has 100 valence electrons. The molecule has 0 amide bonds. The van der Waals surface area contributed by atoms with Crippen LogP contribution in [0.5, 0.6) is 5.88 Å². The fraction of sp³-hybridized carbons (Fsp3) is 0.692. The Labute approximate surface area is 108 Å². The minimum Gasteiger partial charge on any atom is -0.475 e. The van der Waals surface area contributed by atoms with Crippen LogP contribution in [-0.2, 0) is 4.74 Å². The lowest BCUT2D eigenvalue weighted by Gasteiger charge is -2.22. The molecule has 1 unspecified atom stereocenters. The molecule has 1 N–H and O–H groups in total. The fourth-order valence-electron chi connectivity index (χ4n) is 1.94. The van der Waals surface area contributed by atoms with Crippen LogP contribution in [0.25, 0.3) is 0 Å². The molecule has 2 heterocycles. The van der Waals surface area contributed by atoms with Gasteiger partial charge in [-0.15, -0.1) is 0 Å². The lowest BCUT2D eigenvalue weighted by atomic mass is 10.0. The Morgan fingerprint density at radius 1 is 1.56 bits per heavy atom. The van der Waals surface area contributed by atoms with Crippen molar-refractivity contribution in [2.75, 3.05) is 25.1 Å². The molecule has 1 atom stereocenters. The number of rotatable bonds is 5. The number of hydrogen-bond donors (Lipinski definition) is 1. The highest BCUT2D eigenvalue weighted by atomic mass is 16.5. The van der Waals surface area contributed by atoms with E-state index in [1.54, 1.807) is 12.3 Å². The lowest BCUT2D eigenvalue weighted by molar-refractivity contribution is 0.0594. The van der Waals surface area contributed by atoms with Crippen LogP contribution in [-0.4, -0.2) is 35.8 Å². The Hall–Kier alpha value is -1.36. The summed E-state index contributed by atoms with van der Waals surface area (Å²) >= 11 is 0. The van der Waals surface area contributed by atoms with Gasteiger partial charge in [0.1, 0.15) is 0 Å². The Morgan fingerprint density at radius 3 is 3.17 bits per heavy atom. The molecule has 0 aromatic carbocycles. The first-order valence-corrected chi connectivity index (χ1v) is 6.55. The highest BCUT2D eigenvalue weighted by molar-refractivity contribution is 5.27. The molecule has 18 heavy (non-hydrogen) atoms. The van der Waals surface area contributed by atoms with Gasteiger partial charge < -0.3 is 14.8 Å². The van der Waals surface area contributed by atoms with Crippen molar-refractivity contribution in [1.29, 1.82) is 0 Å². The van der Waals surface area contributed by atoms with Crippen LogP contribution in [0.1, 0.15) is 26.7 Å². The lowest BCUT2D eigenvalue weighted by Crippen LogP contribution is -2.25. The number of nitrogens with one attached hydrogen (secondary N) is 1. The van der Waals surface area contributed by atoms with Gasteiger partial charge in [-0.3, -0.25) is 0 Å². The Kier molecular flexibility index (Phi) is 4.75. The van der Waals surface area contributed by atoms with Crippen molar-refractivity contribution >= 4 is 5.95 Å². The second-order valence-electron chi connectivity index (χ2n) is 4.85. The van der Waals surface area contributed by atoms with E-state index >= 15 is 0 Å². The van der Waals surface area contributed by atoms with Crippen molar-refractivity contribution in [2.24, 2.45) is 5.92 Å². The Morgan fingerprint density at radius 2 is 2.44 bits per heavy atom. The molecule has 2 rings (SSSR count). The number of hydrogen-bond acceptors (Lipinski definition) is 5. The summed E-state index contributed by atoms with van der Waals surface area (Å²) in [6.45, 7) is 6.54. The third kappa shape index (κ3) is 4.14. The van der Waals surface area contributed by atoms with Gasteiger partial charge in [-0.25, -0.2) is 4.98 Å². The zero-order valence-electron chi connectivity index (χ0n) is 11.1. The normalized spacial score (nSPS) is 19.8. The van der Waals surface area contributed by atoms with Crippen molar-refractivity contribution in [3.63, 3.8) is 0 Å². The van der Waals surface area contributed by atoms with Gasteiger partial charge in [-0.1, -0.05) is 0 Å². The molecule has 1 aromatic rings. The van der Waals surface area contributed by atoms with E-state index in [-0.39, 0.29) is 6.10 Å². The van der Waals surface area contributed by atoms with Crippen molar-refractivity contribution < 1.29 is 9.47 Å². The summed E-state index contributed by atoms with van der Waals surface area (Å²) in [7, 11) is 0. The van der Waals surface area contributed by atoms with Crippen LogP contribution in [0.15, 0.2) is 12.3 Å². The maximum Gasteiger partial charge on any atom is 0.225 e. The maximum absolute atomic E-state index is 5.53. The molecule has 0 radical (unpaired) electrons. The van der Waals surface area contributed by atoms with Gasteiger partial charge in [-0.2, -0.15) is 4.98 Å². The Bertz CT molecular complexity index is 365. The van der Waals surface area contributed by atoms with Crippen molar-refractivity contribution in [2.45, 2.75) is 32.8 Å². The van der Waals surface area contributed by atoms with Crippen LogP contribution in [0.2, 0.25) is 0 Å². The van der Waals surface area contributed by atoms with E-state index in [9.17, 15) is 0 Å². The standard InChI is InChI=1S/C13H21N3O2/c1-10(2)18-12-5-6-14-13(16-12)15-8-11-4-3-7-17-9-11/h5-6,10-11H,3-4,7-9H2,1-2H3,(H,14,15,16). The molecule has 0 aliphatic carbocycles. The number of ether oxygens (including phenoxy) is 2. The summed E-state index contributed by atoms with van der Waals surface area (Å²) in [6.07, 6.45) is 4.18. The number of nitrogens with zero attached hydrogens (tertiary/aromatic N) is 2. The second-order valence-corrected chi connectivity index (χ2v) is 4.85. The zero-order chi connectivity index (χ0) is 12.8. The minimum absolute atomic E-state index is 0.125. The van der Waals surface area contributed by atoms with Gasteiger partial charge in [0.05, 0.1) is 12.7 Å². The van der Waals surface area contributed by atoms with Gasteiger partial charge in [0.15, 0.2) is 0 Å². The maximum atomic E-state index is 5.53. The molecule has 0 saturated carbocycles. The molecule has 1 aromatic heterocycles. The largest absolute Gasteiger partial charge is 0.475 e. The molecule has 1 aliphatic heterocycles. The zero-order valence-corrected chi connectivity index (χ0v) is 11.1. The highest BCUT2D eigenvalue weighted by Gasteiger charge is 2.14. The predicted octanol–water partition coefficient (Wildman–Crippen LogP) is 2.10. The van der Waals surface area contributed by atoms with E-state index in [1.807, 2.05) is 13.8 Å². The van der Waals surface area contributed by atoms with Crippen LogP contribution in [0.4, 0.5) is 5.95 Å². The minimum atomic E-state index is 0.125. The smallest absolute Gasteiger partial charge is 0.225 e. The summed E-state index contributed by atoms with van der Waals surface area (Å²) < 4.78 is 11.0. The summed E-state index contributed by atoms with van der Waals surface area (Å²) in [5.74, 6) is 1.79. The summed E-state index contributed by atoms with van der Waals surface area (Å²) in [6, 6.07) is 1.77. The molecule has 1 saturated heterocycles. The van der Waals surface area contributed by atoms with E-state index in [1.165, 1.54) is 6.42 Å². The van der Waals surface area contributed by atoms with Crippen LogP contribution in [0.3, 0.4) is 0 Å². The van der Waals surface area contributed by atoms with E-state index in [2.05, 4.69) is 15.3 Å². The van der Waals surface area contributed by atoms with E-state index in [4.69, 9.17) is 9.47 Å². The van der Waals surface area contributed by atoms with E-state index < -0.39 is 0 Å². The van der Waals surface area contributed by atoms with Crippen LogP contribution < -0.4 is 10.1 Å². The van der Waals surface area contributed by atoms with Crippen molar-refractivity contribution in [1.82, 2.24) is 9.97 Å². The molecule has 1 aliphatic rings. The fourth-order valence-corrected chi connectivity index (χ4v) is 1.94. The molecular weight excluding hydrogens is 230 g/mol. The average Bonchev–Trinajstić information content (AvgIpc) is 2.37. The molecule has 1 fully saturated rings. The van der Waals surface area contributed by atoms with Gasteiger partial charge in [-0.05, 0) is 32.6 Å². The quantitative estimate of drug-likeness (QED) is 0.868. The second kappa shape index (κ2) is 6.54. The van der Waals surface area contributed by atoms with Gasteiger partial charge >= 0.3 is 0 Å². The first-order chi connectivity index (χ1) is 8.74. The first-order valence-electron chi connectivity index (χ1n) is 6.55. The highest BCUT2D eigenvalue weighted by Crippen LogP contribution is 2.15. The van der Waals surface area contributed by atoms with E-state index in [0.29, 0.717) is 17.7 Å². The van der Waals surface area contributed by atoms with E-state index in [0.717, 1.165) is 26.2 Å². The van der Waals surface area contributed by atoms with Gasteiger partial charge in [0.2, 0.25) is 11.8 Å².